The van der Waals surface area contributed by atoms with Crippen LogP contribution in [0.3, 0.4) is 0 Å². The molecule has 0 unspecified atom stereocenters. The third kappa shape index (κ3) is 9.66. The maximum absolute atomic E-state index is 6.95. The zero-order valence-corrected chi connectivity index (χ0v) is 45.6. The van der Waals surface area contributed by atoms with Crippen molar-refractivity contribution in [1.82, 2.24) is 9.55 Å². The first-order chi connectivity index (χ1) is 32.1. The van der Waals surface area contributed by atoms with Crippen molar-refractivity contribution in [3.8, 4) is 28.4 Å². The number of rotatable bonds is 9. The van der Waals surface area contributed by atoms with Gasteiger partial charge in [-0.1, -0.05) is 158 Å². The van der Waals surface area contributed by atoms with Crippen LogP contribution >= 0.6 is 0 Å². The first kappa shape index (κ1) is 49.8. The summed E-state index contributed by atoms with van der Waals surface area (Å²) in [4.78, 5) is 9.67. The third-order valence-corrected chi connectivity index (χ3v) is 13.7. The second kappa shape index (κ2) is 18.6. The Balaban J connectivity index is 0.00000642. The average Bonchev–Trinajstić information content (AvgIpc) is 3.83. The van der Waals surface area contributed by atoms with Crippen molar-refractivity contribution in [3.05, 3.63) is 174 Å². The summed E-state index contributed by atoms with van der Waals surface area (Å²) in [6.45, 7) is 36.4. The van der Waals surface area contributed by atoms with E-state index in [-0.39, 0.29) is 37.3 Å². The maximum Gasteiger partial charge on any atom is 0.136 e. The van der Waals surface area contributed by atoms with Gasteiger partial charge in [-0.2, -0.15) is 6.07 Å². The van der Waals surface area contributed by atoms with Gasteiger partial charge in [0.25, 0.3) is 0 Å². The van der Waals surface area contributed by atoms with Gasteiger partial charge in [0, 0.05) is 61.3 Å². The molecule has 0 radical (unpaired) electrons. The number of ether oxygens (including phenoxy) is 1. The standard InChI is InChI=1S/C63H69N4O.Pt/c1-39(2)43-29-53(40(3)4)60(54(30-43)41(5)6)42-27-28-64-59(31-42)67-55-22-17-16-21-51(55)52-25-24-49(37-57(52)67)68-50-34-46(63(13,14)15)33-48(36-50)66-38-65(47-20-18-19-44(32-47)61(7,8)9)56-26-23-45(35-58(56)66)62(10,11)12;/h16-35,38-41H,1-15H3;/q-3;. The molecule has 0 fully saturated rings. The van der Waals surface area contributed by atoms with E-state index in [1.54, 1.807) is 0 Å². The van der Waals surface area contributed by atoms with Crippen molar-refractivity contribution in [1.29, 1.82) is 0 Å². The number of benzene rings is 6. The zero-order valence-electron chi connectivity index (χ0n) is 43.4. The Morgan fingerprint density at radius 3 is 1.87 bits per heavy atom. The van der Waals surface area contributed by atoms with E-state index in [1.807, 2.05) is 12.3 Å². The van der Waals surface area contributed by atoms with Crippen LogP contribution in [0.5, 0.6) is 11.5 Å². The summed E-state index contributed by atoms with van der Waals surface area (Å²) in [5.41, 5.74) is 16.4. The summed E-state index contributed by atoms with van der Waals surface area (Å²) in [6, 6.07) is 49.8. The molecule has 3 heterocycles. The number of para-hydroxylation sites is 1. The fourth-order valence-corrected chi connectivity index (χ4v) is 9.57. The summed E-state index contributed by atoms with van der Waals surface area (Å²) in [6.07, 6.45) is 1.96. The average molecular weight is 1090 g/mol. The van der Waals surface area contributed by atoms with Crippen LogP contribution in [0.25, 0.3) is 38.8 Å². The number of anilines is 4. The maximum atomic E-state index is 6.95. The van der Waals surface area contributed by atoms with E-state index >= 15 is 0 Å². The number of pyridine rings is 1. The number of fused-ring (bicyclic) bond motifs is 4. The summed E-state index contributed by atoms with van der Waals surface area (Å²) in [5, 5.41) is 2.23. The molecule has 1 aliphatic heterocycles. The van der Waals surface area contributed by atoms with Gasteiger partial charge in [0.2, 0.25) is 0 Å². The van der Waals surface area contributed by atoms with Gasteiger partial charge in [-0.3, -0.25) is 0 Å². The molecular formula is C63H69N4OPt-3. The number of hydrogen-bond acceptors (Lipinski definition) is 4. The van der Waals surface area contributed by atoms with Gasteiger partial charge in [-0.05, 0) is 121 Å². The molecule has 8 aromatic rings. The smallest absolute Gasteiger partial charge is 0.136 e. The van der Waals surface area contributed by atoms with Gasteiger partial charge in [0.05, 0.1) is 0 Å². The quantitative estimate of drug-likeness (QED) is 0.135. The first-order valence-corrected chi connectivity index (χ1v) is 24.6. The van der Waals surface area contributed by atoms with Crippen LogP contribution in [-0.2, 0) is 37.3 Å². The molecule has 9 rings (SSSR count). The van der Waals surface area contributed by atoms with Crippen LogP contribution in [0.2, 0.25) is 0 Å². The minimum Gasteiger partial charge on any atom is -0.509 e. The largest absolute Gasteiger partial charge is 0.509 e. The van der Waals surface area contributed by atoms with E-state index < -0.39 is 0 Å². The molecule has 6 aromatic carbocycles. The van der Waals surface area contributed by atoms with E-state index in [0.717, 1.165) is 55.9 Å². The van der Waals surface area contributed by atoms with E-state index in [4.69, 9.17) is 9.72 Å². The second-order valence-corrected chi connectivity index (χ2v) is 23.0. The molecule has 0 amide bonds. The molecule has 6 heteroatoms. The Morgan fingerprint density at radius 2 is 1.22 bits per heavy atom. The van der Waals surface area contributed by atoms with Crippen LogP contribution in [0.15, 0.2) is 121 Å². The van der Waals surface area contributed by atoms with Gasteiger partial charge in [-0.25, -0.2) is 4.98 Å². The van der Waals surface area contributed by atoms with Crippen molar-refractivity contribution in [2.24, 2.45) is 0 Å². The van der Waals surface area contributed by atoms with Crippen LogP contribution in [-0.4, -0.2) is 9.55 Å². The fraction of sp³-hybridized carbons (Fsp3) is 0.333. The van der Waals surface area contributed by atoms with Crippen LogP contribution < -0.4 is 14.5 Å². The molecule has 0 bridgehead atoms. The van der Waals surface area contributed by atoms with E-state index in [9.17, 15) is 0 Å². The number of aromatic nitrogens is 2. The topological polar surface area (TPSA) is 33.5 Å². The van der Waals surface area contributed by atoms with Crippen molar-refractivity contribution in [2.45, 2.75) is 138 Å². The molecule has 0 spiro atoms. The molecule has 0 aliphatic carbocycles. The molecule has 1 aliphatic rings. The molecule has 5 nitrogen and oxygen atoms in total. The molecular weight excluding hydrogens is 1020 g/mol. The van der Waals surface area contributed by atoms with E-state index in [0.29, 0.717) is 29.3 Å². The monoisotopic (exact) mass is 1090 g/mol. The van der Waals surface area contributed by atoms with E-state index in [1.165, 1.54) is 38.9 Å². The SMILES string of the molecule is CC(C)c1cc(C(C)C)c(-c2ccnc(-n3c4[c-]c(Oc5[c-]c(N6[CH-]N(c7cccc(C(C)(C)C)c7)c7ccc(C(C)(C)C)cc76)cc(C(C)(C)C)c5)ccc4c4ccccc43)c2)c(C(C)C)c1.[Pt]. The fourth-order valence-electron chi connectivity index (χ4n) is 9.57. The summed E-state index contributed by atoms with van der Waals surface area (Å²) in [7, 11) is 0. The third-order valence-electron chi connectivity index (χ3n) is 13.7. The molecule has 0 atom stereocenters. The Hall–Kier alpha value is -5.64. The Morgan fingerprint density at radius 1 is 0.551 bits per heavy atom. The molecule has 360 valence electrons. The van der Waals surface area contributed by atoms with Crippen molar-refractivity contribution in [2.75, 3.05) is 9.80 Å². The normalized spacial score (nSPS) is 13.3. The molecule has 69 heavy (non-hydrogen) atoms. The predicted octanol–water partition coefficient (Wildman–Crippen LogP) is 17.9. The Labute approximate surface area is 427 Å². The second-order valence-electron chi connectivity index (χ2n) is 23.0. The summed E-state index contributed by atoms with van der Waals surface area (Å²) < 4.78 is 9.20. The Kier molecular flexibility index (Phi) is 13.4. The predicted molar refractivity (Wildman–Crippen MR) is 288 cm³/mol. The van der Waals surface area contributed by atoms with Gasteiger partial charge < -0.3 is 19.1 Å². The zero-order chi connectivity index (χ0) is 48.6. The van der Waals surface area contributed by atoms with Crippen molar-refractivity contribution in [3.63, 3.8) is 0 Å². The molecule has 0 saturated carbocycles. The van der Waals surface area contributed by atoms with Gasteiger partial charge in [0.1, 0.15) is 5.82 Å². The number of nitrogens with zero attached hydrogens (tertiary/aromatic N) is 4. The van der Waals surface area contributed by atoms with Crippen LogP contribution in [0.1, 0.15) is 155 Å². The van der Waals surface area contributed by atoms with Gasteiger partial charge in [-0.15, -0.1) is 53.6 Å². The minimum absolute atomic E-state index is 0. The van der Waals surface area contributed by atoms with Crippen LogP contribution in [0.4, 0.5) is 22.7 Å². The Bertz CT molecular complexity index is 3160. The summed E-state index contributed by atoms with van der Waals surface area (Å²) >= 11 is 0. The first-order valence-electron chi connectivity index (χ1n) is 24.6. The molecule has 0 saturated heterocycles. The van der Waals surface area contributed by atoms with Crippen LogP contribution in [0, 0.1) is 18.8 Å². The van der Waals surface area contributed by atoms with Gasteiger partial charge in [0.15, 0.2) is 0 Å². The number of hydrogen-bond donors (Lipinski definition) is 0. The van der Waals surface area contributed by atoms with Crippen molar-refractivity contribution < 1.29 is 25.8 Å². The molecule has 2 aromatic heterocycles. The summed E-state index contributed by atoms with van der Waals surface area (Å²) in [5.74, 6) is 3.25. The van der Waals surface area contributed by atoms with Gasteiger partial charge >= 0.3 is 0 Å². The van der Waals surface area contributed by atoms with Crippen molar-refractivity contribution >= 4 is 44.6 Å². The minimum atomic E-state index is -0.171. The molecule has 0 N–H and O–H groups in total. The van der Waals surface area contributed by atoms with E-state index in [2.05, 4.69) is 246 Å².